The summed E-state index contributed by atoms with van der Waals surface area (Å²) in [6.07, 6.45) is 1.69. The molecule has 1 saturated heterocycles. The van der Waals surface area contributed by atoms with E-state index in [1.165, 1.54) is 28.6 Å². The summed E-state index contributed by atoms with van der Waals surface area (Å²) in [5.41, 5.74) is 11.7. The van der Waals surface area contributed by atoms with Gasteiger partial charge in [-0.3, -0.25) is 9.59 Å². The van der Waals surface area contributed by atoms with Crippen molar-refractivity contribution in [2.24, 2.45) is 16.5 Å². The van der Waals surface area contributed by atoms with Crippen LogP contribution in [0.15, 0.2) is 58.4 Å². The second kappa shape index (κ2) is 9.79. The van der Waals surface area contributed by atoms with E-state index in [1.54, 1.807) is 24.3 Å². The number of anilines is 1. The number of carbonyl (C=O) groups excluding carboxylic acids is 1. The van der Waals surface area contributed by atoms with Gasteiger partial charge in [0.05, 0.1) is 17.0 Å². The van der Waals surface area contributed by atoms with Gasteiger partial charge in [-0.1, -0.05) is 18.6 Å². The van der Waals surface area contributed by atoms with Crippen molar-refractivity contribution in [3.8, 4) is 0 Å². The molecule has 0 radical (unpaired) electrons. The Morgan fingerprint density at radius 1 is 1.12 bits per heavy atom. The first-order valence-corrected chi connectivity index (χ1v) is 11.5. The number of sulfonamides is 1. The van der Waals surface area contributed by atoms with E-state index < -0.39 is 27.9 Å². The molecule has 3 rings (SSSR count). The first-order valence-electron chi connectivity index (χ1n) is 10.0. The zero-order valence-corrected chi connectivity index (χ0v) is 18.1. The molecular weight excluding hydrogens is 434 g/mol. The number of piperidine rings is 1. The third-order valence-corrected chi connectivity index (χ3v) is 7.00. The van der Waals surface area contributed by atoms with E-state index in [0.29, 0.717) is 24.1 Å². The summed E-state index contributed by atoms with van der Waals surface area (Å²) in [4.78, 5) is 27.7. The number of nitrogens with one attached hydrogen (secondary N) is 1. The minimum Gasteiger partial charge on any atom is -0.481 e. The van der Waals surface area contributed by atoms with Crippen molar-refractivity contribution in [1.82, 2.24) is 4.31 Å². The normalized spacial score (nSPS) is 16.8. The summed E-state index contributed by atoms with van der Waals surface area (Å²) >= 11 is 0. The standard InChI is InChI=1S/C21H25N5O5S/c22-21(23)25-15-6-3-5-14(11-15)20(29)24-16-7-4-9-18(12-16)32(30,31)26-10-2-1-8-17(26)13-19(27)28/h3-7,9,11-12,17H,1-2,8,10,13H2,(H,24,29)(H,27,28)(H4,22,23,25). The molecule has 2 aromatic carbocycles. The molecular formula is C21H25N5O5S. The quantitative estimate of drug-likeness (QED) is 0.362. The third kappa shape index (κ3) is 5.62. The molecule has 0 bridgehead atoms. The Morgan fingerprint density at radius 2 is 1.88 bits per heavy atom. The highest BCUT2D eigenvalue weighted by Gasteiger charge is 2.34. The number of nitrogens with two attached hydrogens (primary N) is 2. The van der Waals surface area contributed by atoms with Crippen LogP contribution < -0.4 is 16.8 Å². The molecule has 11 heteroatoms. The van der Waals surface area contributed by atoms with E-state index >= 15 is 0 Å². The fourth-order valence-electron chi connectivity index (χ4n) is 3.63. The number of hydrogen-bond donors (Lipinski definition) is 4. The van der Waals surface area contributed by atoms with Crippen LogP contribution in [0.4, 0.5) is 11.4 Å². The Bertz CT molecular complexity index is 1140. The monoisotopic (exact) mass is 459 g/mol. The van der Waals surface area contributed by atoms with Gasteiger partial charge in [0.25, 0.3) is 5.91 Å². The minimum absolute atomic E-state index is 0.0122. The van der Waals surface area contributed by atoms with Crippen molar-refractivity contribution in [2.75, 3.05) is 11.9 Å². The molecule has 32 heavy (non-hydrogen) atoms. The predicted molar refractivity (Wildman–Crippen MR) is 120 cm³/mol. The SMILES string of the molecule is NC(N)=Nc1cccc(C(=O)Nc2cccc(S(=O)(=O)N3CCCCC3CC(=O)O)c2)c1. The highest BCUT2D eigenvalue weighted by molar-refractivity contribution is 7.89. The second-order valence-electron chi connectivity index (χ2n) is 7.43. The van der Waals surface area contributed by atoms with E-state index in [-0.39, 0.29) is 29.5 Å². The number of guanidine groups is 1. The van der Waals surface area contributed by atoms with Crippen LogP contribution in [0.5, 0.6) is 0 Å². The molecule has 1 aliphatic heterocycles. The number of amides is 1. The smallest absolute Gasteiger partial charge is 0.304 e. The first kappa shape index (κ1) is 23.2. The summed E-state index contributed by atoms with van der Waals surface area (Å²) < 4.78 is 27.7. The van der Waals surface area contributed by atoms with Crippen LogP contribution in [0.2, 0.25) is 0 Å². The van der Waals surface area contributed by atoms with E-state index in [2.05, 4.69) is 10.3 Å². The van der Waals surface area contributed by atoms with Crippen LogP contribution in [0, 0.1) is 0 Å². The van der Waals surface area contributed by atoms with Gasteiger partial charge in [0.1, 0.15) is 0 Å². The van der Waals surface area contributed by atoms with Gasteiger partial charge in [-0.2, -0.15) is 4.31 Å². The molecule has 0 aliphatic carbocycles. The second-order valence-corrected chi connectivity index (χ2v) is 9.32. The summed E-state index contributed by atoms with van der Waals surface area (Å²) in [7, 11) is -3.93. The Labute approximate surface area is 186 Å². The maximum absolute atomic E-state index is 13.2. The van der Waals surface area contributed by atoms with E-state index in [4.69, 9.17) is 16.6 Å². The molecule has 2 aromatic rings. The van der Waals surface area contributed by atoms with Gasteiger partial charge in [0, 0.05) is 23.8 Å². The van der Waals surface area contributed by atoms with Gasteiger partial charge in [0.2, 0.25) is 10.0 Å². The number of nitrogens with zero attached hydrogens (tertiary/aromatic N) is 2. The summed E-state index contributed by atoms with van der Waals surface area (Å²) in [5.74, 6) is -1.64. The van der Waals surface area contributed by atoms with E-state index in [0.717, 1.165) is 6.42 Å². The average Bonchev–Trinajstić information content (AvgIpc) is 2.73. The molecule has 0 spiro atoms. The molecule has 1 aliphatic rings. The van der Waals surface area contributed by atoms with Crippen molar-refractivity contribution < 1.29 is 23.1 Å². The van der Waals surface area contributed by atoms with Crippen molar-refractivity contribution >= 4 is 39.2 Å². The zero-order valence-electron chi connectivity index (χ0n) is 17.3. The molecule has 0 aromatic heterocycles. The Hall–Kier alpha value is -3.44. The molecule has 1 amide bonds. The lowest BCUT2D eigenvalue weighted by molar-refractivity contribution is -0.138. The van der Waals surface area contributed by atoms with Gasteiger partial charge in [-0.25, -0.2) is 13.4 Å². The lowest BCUT2D eigenvalue weighted by Gasteiger charge is -2.33. The van der Waals surface area contributed by atoms with Crippen LogP contribution in [0.1, 0.15) is 36.0 Å². The highest BCUT2D eigenvalue weighted by atomic mass is 32.2. The molecule has 170 valence electrons. The first-order chi connectivity index (χ1) is 15.2. The maximum atomic E-state index is 13.2. The number of hydrogen-bond acceptors (Lipinski definition) is 5. The fraction of sp³-hybridized carbons (Fsp3) is 0.286. The Balaban J connectivity index is 1.82. The number of carboxylic acid groups (broad SMARTS) is 1. The van der Waals surface area contributed by atoms with Crippen molar-refractivity contribution in [1.29, 1.82) is 0 Å². The summed E-state index contributed by atoms with van der Waals surface area (Å²) in [5, 5.41) is 11.8. The highest BCUT2D eigenvalue weighted by Crippen LogP contribution is 2.28. The maximum Gasteiger partial charge on any atom is 0.304 e. The molecule has 1 fully saturated rings. The number of carboxylic acids is 1. The molecule has 1 heterocycles. The molecule has 10 nitrogen and oxygen atoms in total. The average molecular weight is 460 g/mol. The predicted octanol–water partition coefficient (Wildman–Crippen LogP) is 1.86. The third-order valence-electron chi connectivity index (χ3n) is 5.05. The van der Waals surface area contributed by atoms with E-state index in [1.807, 2.05) is 0 Å². The minimum atomic E-state index is -3.93. The largest absolute Gasteiger partial charge is 0.481 e. The number of carbonyl (C=O) groups is 2. The topological polar surface area (TPSA) is 168 Å². The molecule has 1 unspecified atom stereocenters. The van der Waals surface area contributed by atoms with Crippen molar-refractivity contribution in [3.63, 3.8) is 0 Å². The molecule has 1 atom stereocenters. The van der Waals surface area contributed by atoms with Gasteiger partial charge in [0.15, 0.2) is 5.96 Å². The van der Waals surface area contributed by atoms with Crippen molar-refractivity contribution in [2.45, 2.75) is 36.6 Å². The van der Waals surface area contributed by atoms with Gasteiger partial charge < -0.3 is 21.9 Å². The lowest BCUT2D eigenvalue weighted by Crippen LogP contribution is -2.44. The summed E-state index contributed by atoms with van der Waals surface area (Å²) in [6.45, 7) is 0.258. The molecule has 6 N–H and O–H groups in total. The number of rotatable bonds is 7. The van der Waals surface area contributed by atoms with Crippen LogP contribution in [0.3, 0.4) is 0 Å². The number of aliphatic imine (C=N–C) groups is 1. The fourth-order valence-corrected chi connectivity index (χ4v) is 5.37. The zero-order chi connectivity index (χ0) is 23.3. The Kier molecular flexibility index (Phi) is 7.11. The molecule has 0 saturated carbocycles. The van der Waals surface area contributed by atoms with Crippen LogP contribution in [-0.2, 0) is 14.8 Å². The van der Waals surface area contributed by atoms with Crippen LogP contribution in [0.25, 0.3) is 0 Å². The summed E-state index contributed by atoms with van der Waals surface area (Å²) in [6, 6.07) is 11.6. The number of aliphatic carboxylic acids is 1. The van der Waals surface area contributed by atoms with Gasteiger partial charge in [-0.15, -0.1) is 0 Å². The van der Waals surface area contributed by atoms with Crippen LogP contribution >= 0.6 is 0 Å². The van der Waals surface area contributed by atoms with Gasteiger partial charge in [-0.05, 0) is 49.2 Å². The lowest BCUT2D eigenvalue weighted by atomic mass is 10.0. The Morgan fingerprint density at radius 3 is 2.59 bits per heavy atom. The van der Waals surface area contributed by atoms with Crippen molar-refractivity contribution in [3.05, 3.63) is 54.1 Å². The van der Waals surface area contributed by atoms with E-state index in [9.17, 15) is 18.0 Å². The number of benzene rings is 2. The van der Waals surface area contributed by atoms with Crippen LogP contribution in [-0.4, -0.2) is 48.3 Å². The van der Waals surface area contributed by atoms with Gasteiger partial charge >= 0.3 is 5.97 Å².